The number of rotatable bonds is 5. The lowest BCUT2D eigenvalue weighted by Crippen LogP contribution is -2.38. The van der Waals surface area contributed by atoms with Crippen LogP contribution in [0.2, 0.25) is 0 Å². The Kier molecular flexibility index (Phi) is 3.66. The van der Waals surface area contributed by atoms with Crippen molar-refractivity contribution in [3.63, 3.8) is 0 Å². The number of hydrogen-bond donors (Lipinski definition) is 2. The molecule has 0 aliphatic rings. The summed E-state index contributed by atoms with van der Waals surface area (Å²) in [4.78, 5) is 12.1. The molecule has 0 saturated heterocycles. The summed E-state index contributed by atoms with van der Waals surface area (Å²) in [5.41, 5.74) is 8.14. The first-order chi connectivity index (χ1) is 12.2. The Bertz CT molecular complexity index is 1050. The van der Waals surface area contributed by atoms with Gasteiger partial charge < -0.3 is 4.42 Å². The molecule has 124 valence electrons. The van der Waals surface area contributed by atoms with Gasteiger partial charge in [-0.15, -0.1) is 5.10 Å². The standard InChI is InChI=1S/C18H15N5O2/c1-12(17-10-13-6-2-5-9-16(13)25-17)19-21-18(24)11-23-15-8-4-3-7-14(15)20-22-23/h2-10,19H,1,11H2,(H,21,24). The van der Waals surface area contributed by atoms with Crippen LogP contribution in [-0.2, 0) is 11.3 Å². The Morgan fingerprint density at radius 3 is 2.80 bits per heavy atom. The second kappa shape index (κ2) is 6.12. The van der Waals surface area contributed by atoms with Crippen LogP contribution in [0.1, 0.15) is 5.76 Å². The second-order valence-electron chi connectivity index (χ2n) is 5.54. The van der Waals surface area contributed by atoms with Gasteiger partial charge in [-0.05, 0) is 24.3 Å². The van der Waals surface area contributed by atoms with Gasteiger partial charge in [-0.1, -0.05) is 42.1 Å². The number of nitrogens with one attached hydrogen (secondary N) is 2. The van der Waals surface area contributed by atoms with Gasteiger partial charge in [0, 0.05) is 5.39 Å². The molecule has 0 atom stereocenters. The van der Waals surface area contributed by atoms with Crippen LogP contribution >= 0.6 is 0 Å². The molecule has 1 amide bonds. The number of hydrogen-bond acceptors (Lipinski definition) is 5. The Labute approximate surface area is 142 Å². The van der Waals surface area contributed by atoms with Crippen LogP contribution in [0.25, 0.3) is 27.7 Å². The van der Waals surface area contributed by atoms with Crippen LogP contribution in [0, 0.1) is 0 Å². The topological polar surface area (TPSA) is 85.0 Å². The highest BCUT2D eigenvalue weighted by Crippen LogP contribution is 2.22. The van der Waals surface area contributed by atoms with Crippen molar-refractivity contribution in [2.24, 2.45) is 0 Å². The maximum Gasteiger partial charge on any atom is 0.260 e. The molecule has 7 nitrogen and oxygen atoms in total. The molecule has 0 unspecified atom stereocenters. The molecule has 0 fully saturated rings. The fourth-order valence-corrected chi connectivity index (χ4v) is 2.55. The lowest BCUT2D eigenvalue weighted by atomic mass is 10.2. The Balaban J connectivity index is 1.40. The van der Waals surface area contributed by atoms with Crippen molar-refractivity contribution in [2.75, 3.05) is 0 Å². The summed E-state index contributed by atoms with van der Waals surface area (Å²) in [5.74, 6) is 0.292. The molecular weight excluding hydrogens is 318 g/mol. The lowest BCUT2D eigenvalue weighted by molar-refractivity contribution is -0.122. The van der Waals surface area contributed by atoms with Gasteiger partial charge in [-0.3, -0.25) is 15.6 Å². The highest BCUT2D eigenvalue weighted by Gasteiger charge is 2.10. The zero-order valence-electron chi connectivity index (χ0n) is 13.3. The maximum absolute atomic E-state index is 12.1. The van der Waals surface area contributed by atoms with E-state index >= 15 is 0 Å². The number of hydrazine groups is 1. The lowest BCUT2D eigenvalue weighted by Gasteiger charge is -2.09. The van der Waals surface area contributed by atoms with Crippen molar-refractivity contribution in [3.05, 3.63) is 66.9 Å². The second-order valence-corrected chi connectivity index (χ2v) is 5.54. The minimum absolute atomic E-state index is 0.0426. The molecular formula is C18H15N5O2. The van der Waals surface area contributed by atoms with Gasteiger partial charge in [0.15, 0.2) is 5.76 Å². The van der Waals surface area contributed by atoms with E-state index in [1.165, 1.54) is 4.68 Å². The number of carbonyl (C=O) groups is 1. The average Bonchev–Trinajstić information content (AvgIpc) is 3.24. The number of benzene rings is 2. The smallest absolute Gasteiger partial charge is 0.260 e. The molecule has 0 bridgehead atoms. The molecule has 4 rings (SSSR count). The third kappa shape index (κ3) is 2.94. The highest BCUT2D eigenvalue weighted by molar-refractivity contribution is 5.82. The van der Waals surface area contributed by atoms with Gasteiger partial charge in [0.1, 0.15) is 17.6 Å². The number of aromatic nitrogens is 3. The van der Waals surface area contributed by atoms with Crippen molar-refractivity contribution in [1.29, 1.82) is 0 Å². The molecule has 2 aromatic heterocycles. The van der Waals surface area contributed by atoms with E-state index in [2.05, 4.69) is 27.7 Å². The number of furan rings is 1. The van der Waals surface area contributed by atoms with Crippen LogP contribution in [0.4, 0.5) is 0 Å². The summed E-state index contributed by atoms with van der Waals surface area (Å²) >= 11 is 0. The number of amides is 1. The highest BCUT2D eigenvalue weighted by atomic mass is 16.3. The SMILES string of the molecule is C=C(NNC(=O)Cn1nnc2ccccc21)c1cc2ccccc2o1. The van der Waals surface area contributed by atoms with E-state index in [1.807, 2.05) is 54.6 Å². The summed E-state index contributed by atoms with van der Waals surface area (Å²) in [6.07, 6.45) is 0. The van der Waals surface area contributed by atoms with Crippen LogP contribution in [0.5, 0.6) is 0 Å². The van der Waals surface area contributed by atoms with Crippen molar-refractivity contribution in [3.8, 4) is 0 Å². The molecule has 2 N–H and O–H groups in total. The zero-order valence-corrected chi connectivity index (χ0v) is 13.3. The summed E-state index contributed by atoms with van der Waals surface area (Å²) < 4.78 is 7.22. The molecule has 0 aliphatic carbocycles. The van der Waals surface area contributed by atoms with Gasteiger partial charge in [-0.25, -0.2) is 4.68 Å². The number of para-hydroxylation sites is 2. The van der Waals surface area contributed by atoms with Gasteiger partial charge in [0.2, 0.25) is 0 Å². The molecule has 0 spiro atoms. The average molecular weight is 333 g/mol. The van der Waals surface area contributed by atoms with Crippen molar-refractivity contribution in [1.82, 2.24) is 25.8 Å². The first-order valence-corrected chi connectivity index (χ1v) is 7.71. The number of nitrogens with zero attached hydrogens (tertiary/aromatic N) is 3. The van der Waals surface area contributed by atoms with Crippen LogP contribution in [0.15, 0.2) is 65.6 Å². The van der Waals surface area contributed by atoms with E-state index in [1.54, 1.807) is 0 Å². The molecule has 0 radical (unpaired) electrons. The summed E-state index contributed by atoms with van der Waals surface area (Å²) in [6, 6.07) is 17.0. The minimum Gasteiger partial charge on any atom is -0.454 e. The Hall–Kier alpha value is -3.61. The Morgan fingerprint density at radius 2 is 1.92 bits per heavy atom. The molecule has 25 heavy (non-hydrogen) atoms. The van der Waals surface area contributed by atoms with Crippen molar-refractivity contribution >= 4 is 33.6 Å². The van der Waals surface area contributed by atoms with E-state index in [0.717, 1.165) is 22.0 Å². The van der Waals surface area contributed by atoms with Crippen molar-refractivity contribution in [2.45, 2.75) is 6.54 Å². The quantitative estimate of drug-likeness (QED) is 0.548. The predicted octanol–water partition coefficient (Wildman–Crippen LogP) is 2.47. The van der Waals surface area contributed by atoms with E-state index < -0.39 is 0 Å². The molecule has 0 aliphatic heterocycles. The number of fused-ring (bicyclic) bond motifs is 2. The zero-order chi connectivity index (χ0) is 17.2. The molecule has 2 aromatic carbocycles. The maximum atomic E-state index is 12.1. The first-order valence-electron chi connectivity index (χ1n) is 7.71. The molecule has 0 saturated carbocycles. The minimum atomic E-state index is -0.270. The van der Waals surface area contributed by atoms with Gasteiger partial charge in [0.05, 0.1) is 11.2 Å². The van der Waals surface area contributed by atoms with Crippen LogP contribution in [-0.4, -0.2) is 20.9 Å². The molecule has 2 heterocycles. The predicted molar refractivity (Wildman–Crippen MR) is 94.1 cm³/mol. The van der Waals surface area contributed by atoms with Crippen LogP contribution < -0.4 is 10.9 Å². The van der Waals surface area contributed by atoms with E-state index in [4.69, 9.17) is 4.42 Å². The van der Waals surface area contributed by atoms with Gasteiger partial charge >= 0.3 is 0 Å². The normalized spacial score (nSPS) is 10.9. The van der Waals surface area contributed by atoms with Gasteiger partial charge in [-0.2, -0.15) is 0 Å². The monoisotopic (exact) mass is 333 g/mol. The number of carbonyl (C=O) groups excluding carboxylic acids is 1. The largest absolute Gasteiger partial charge is 0.454 e. The third-order valence-corrected chi connectivity index (χ3v) is 3.79. The third-order valence-electron chi connectivity index (χ3n) is 3.79. The van der Waals surface area contributed by atoms with E-state index in [0.29, 0.717) is 11.5 Å². The summed E-state index contributed by atoms with van der Waals surface area (Å²) in [5, 5.41) is 8.98. The Morgan fingerprint density at radius 1 is 1.12 bits per heavy atom. The first kappa shape index (κ1) is 14.9. The van der Waals surface area contributed by atoms with Gasteiger partial charge in [0.25, 0.3) is 5.91 Å². The van der Waals surface area contributed by atoms with Crippen LogP contribution in [0.3, 0.4) is 0 Å². The fraction of sp³-hybridized carbons (Fsp3) is 0.0556. The molecule has 4 aromatic rings. The summed E-state index contributed by atoms with van der Waals surface area (Å²) in [6.45, 7) is 3.93. The summed E-state index contributed by atoms with van der Waals surface area (Å²) in [7, 11) is 0. The van der Waals surface area contributed by atoms with Crippen molar-refractivity contribution < 1.29 is 9.21 Å². The van der Waals surface area contributed by atoms with E-state index in [-0.39, 0.29) is 12.5 Å². The molecule has 7 heteroatoms. The van der Waals surface area contributed by atoms with E-state index in [9.17, 15) is 4.79 Å². The fourth-order valence-electron chi connectivity index (χ4n) is 2.55.